The van der Waals surface area contributed by atoms with E-state index in [-0.39, 0.29) is 31.3 Å². The molecule has 2 amide bonds. The van der Waals surface area contributed by atoms with Crippen LogP contribution in [0.3, 0.4) is 0 Å². The smallest absolute Gasteiger partial charge is 0.429 e. The second-order valence-electron chi connectivity index (χ2n) is 10.4. The number of amides is 2. The van der Waals surface area contributed by atoms with Crippen LogP contribution in [0.5, 0.6) is 0 Å². The quantitative estimate of drug-likeness (QED) is 0.439. The van der Waals surface area contributed by atoms with E-state index in [9.17, 15) is 9.59 Å². The maximum Gasteiger partial charge on any atom is 0.429 e. The Bertz CT molecular complexity index is 1200. The van der Waals surface area contributed by atoms with Gasteiger partial charge in [0.05, 0.1) is 12.1 Å². The summed E-state index contributed by atoms with van der Waals surface area (Å²) in [4.78, 5) is 29.4. The van der Waals surface area contributed by atoms with Gasteiger partial charge in [-0.3, -0.25) is 4.90 Å². The van der Waals surface area contributed by atoms with Crippen molar-refractivity contribution in [3.8, 4) is 0 Å². The number of hydrogen-bond donors (Lipinski definition) is 0. The number of hydrazine groups is 1. The van der Waals surface area contributed by atoms with E-state index in [1.807, 2.05) is 60.7 Å². The van der Waals surface area contributed by atoms with Crippen molar-refractivity contribution in [1.29, 1.82) is 0 Å². The van der Waals surface area contributed by atoms with Gasteiger partial charge in [-0.15, -0.1) is 0 Å². The zero-order chi connectivity index (χ0) is 25.9. The molecule has 3 aliphatic rings. The summed E-state index contributed by atoms with van der Waals surface area (Å²) in [6.07, 6.45) is 3.01. The Hall–Kier alpha value is -3.84. The van der Waals surface area contributed by atoms with E-state index in [0.717, 1.165) is 30.4 Å². The topological polar surface area (TPSA) is 62.3 Å². The number of ether oxygens (including phenoxy) is 2. The van der Waals surface area contributed by atoms with Gasteiger partial charge in [-0.1, -0.05) is 84.9 Å². The molecular weight excluding hydrogens is 478 g/mol. The summed E-state index contributed by atoms with van der Waals surface area (Å²) in [5, 5.41) is 3.05. The standard InChI is InChI=1S/C31H33N3O4/c35-30(37-21-23-10-3-1-4-11-23)33-26-18-27(34(33)31(36)38-22-24-12-5-2-6-13-24)20-32(19-26)29-17-9-15-25-14-7-8-16-28(25)29/h1-8,10-14,16,26-27,29H,9,15,17-22H2. The lowest BCUT2D eigenvalue weighted by atomic mass is 9.85. The van der Waals surface area contributed by atoms with Gasteiger partial charge in [0.2, 0.25) is 0 Å². The lowest BCUT2D eigenvalue weighted by Gasteiger charge is -2.39. The second-order valence-corrected chi connectivity index (χ2v) is 10.4. The number of likely N-dealkylation sites (tertiary alicyclic amines) is 1. The van der Waals surface area contributed by atoms with E-state index >= 15 is 0 Å². The molecule has 2 bridgehead atoms. The number of piperidine rings is 1. The lowest BCUT2D eigenvalue weighted by Crippen LogP contribution is -2.50. The molecule has 0 aromatic heterocycles. The van der Waals surface area contributed by atoms with Crippen LogP contribution in [0.2, 0.25) is 0 Å². The first-order chi connectivity index (χ1) is 18.7. The van der Waals surface area contributed by atoms with E-state index in [1.54, 1.807) is 0 Å². The summed E-state index contributed by atoms with van der Waals surface area (Å²) < 4.78 is 11.4. The Morgan fingerprint density at radius 1 is 0.711 bits per heavy atom. The summed E-state index contributed by atoms with van der Waals surface area (Å²) in [5.41, 5.74) is 4.58. The Morgan fingerprint density at radius 2 is 1.24 bits per heavy atom. The fourth-order valence-corrected chi connectivity index (χ4v) is 6.19. The fraction of sp³-hybridized carbons (Fsp3) is 0.355. The minimum absolute atomic E-state index is 0.153. The molecule has 7 heteroatoms. The van der Waals surface area contributed by atoms with Crippen LogP contribution in [0.4, 0.5) is 9.59 Å². The van der Waals surface area contributed by atoms with Gasteiger partial charge in [-0.2, -0.15) is 0 Å². The highest BCUT2D eigenvalue weighted by molar-refractivity contribution is 5.76. The monoisotopic (exact) mass is 511 g/mol. The maximum absolute atomic E-state index is 13.5. The minimum Gasteiger partial charge on any atom is -0.443 e. The predicted octanol–water partition coefficient (Wildman–Crippen LogP) is 5.71. The SMILES string of the molecule is O=C(OCc1ccccc1)N1C2CC(CN(C3CCCc4ccccc43)C2)N1C(=O)OCc1ccccc1. The van der Waals surface area contributed by atoms with Gasteiger partial charge in [0.1, 0.15) is 13.2 Å². The van der Waals surface area contributed by atoms with Gasteiger partial charge in [0.25, 0.3) is 0 Å². The molecular formula is C31H33N3O4. The largest absolute Gasteiger partial charge is 0.443 e. The number of rotatable bonds is 5. The lowest BCUT2D eigenvalue weighted by molar-refractivity contribution is -0.0199. The molecule has 3 aromatic rings. The van der Waals surface area contributed by atoms with Gasteiger partial charge >= 0.3 is 12.2 Å². The number of hydrogen-bond acceptors (Lipinski definition) is 5. The van der Waals surface area contributed by atoms with Crippen LogP contribution in [-0.2, 0) is 29.1 Å². The number of carbonyl (C=O) groups is 2. The van der Waals surface area contributed by atoms with Crippen molar-refractivity contribution in [3.63, 3.8) is 0 Å². The van der Waals surface area contributed by atoms with E-state index in [4.69, 9.17) is 9.47 Å². The molecule has 2 heterocycles. The molecule has 38 heavy (non-hydrogen) atoms. The molecule has 3 atom stereocenters. The minimum atomic E-state index is -0.510. The van der Waals surface area contributed by atoms with Crippen LogP contribution in [0.1, 0.15) is 47.6 Å². The summed E-state index contributed by atoms with van der Waals surface area (Å²) in [5.74, 6) is 0. The van der Waals surface area contributed by atoms with Crippen molar-refractivity contribution in [2.45, 2.75) is 57.0 Å². The highest BCUT2D eigenvalue weighted by atomic mass is 16.6. The fourth-order valence-electron chi connectivity index (χ4n) is 6.19. The average Bonchev–Trinajstić information content (AvgIpc) is 3.24. The molecule has 3 aromatic carbocycles. The Labute approximate surface area is 223 Å². The molecule has 6 rings (SSSR count). The molecule has 2 fully saturated rings. The van der Waals surface area contributed by atoms with Gasteiger partial charge in [0, 0.05) is 19.1 Å². The number of nitrogens with zero attached hydrogens (tertiary/aromatic N) is 3. The molecule has 1 aliphatic carbocycles. The van der Waals surface area contributed by atoms with E-state index in [0.29, 0.717) is 19.5 Å². The summed E-state index contributed by atoms with van der Waals surface area (Å²) in [6.45, 7) is 1.69. The van der Waals surface area contributed by atoms with Crippen LogP contribution in [-0.4, -0.2) is 52.3 Å². The van der Waals surface area contributed by atoms with Gasteiger partial charge in [0.15, 0.2) is 0 Å². The van der Waals surface area contributed by atoms with Crippen molar-refractivity contribution < 1.29 is 19.1 Å². The van der Waals surface area contributed by atoms with Crippen LogP contribution >= 0.6 is 0 Å². The highest BCUT2D eigenvalue weighted by Crippen LogP contribution is 2.40. The first-order valence-corrected chi connectivity index (χ1v) is 13.5. The van der Waals surface area contributed by atoms with Crippen molar-refractivity contribution in [2.24, 2.45) is 0 Å². The number of benzene rings is 3. The molecule has 0 saturated carbocycles. The van der Waals surface area contributed by atoms with Gasteiger partial charge < -0.3 is 9.47 Å². The maximum atomic E-state index is 13.5. The Kier molecular flexibility index (Phi) is 7.01. The van der Waals surface area contributed by atoms with E-state index < -0.39 is 12.2 Å². The van der Waals surface area contributed by atoms with Crippen LogP contribution in [0, 0.1) is 0 Å². The first-order valence-electron chi connectivity index (χ1n) is 13.5. The highest BCUT2D eigenvalue weighted by Gasteiger charge is 2.51. The Morgan fingerprint density at radius 3 is 1.82 bits per heavy atom. The van der Waals surface area contributed by atoms with E-state index in [2.05, 4.69) is 29.2 Å². The van der Waals surface area contributed by atoms with Crippen LogP contribution < -0.4 is 0 Å². The average molecular weight is 512 g/mol. The molecule has 2 saturated heterocycles. The molecule has 7 nitrogen and oxygen atoms in total. The zero-order valence-electron chi connectivity index (χ0n) is 21.4. The van der Waals surface area contributed by atoms with Crippen molar-refractivity contribution in [2.75, 3.05) is 13.1 Å². The molecule has 3 unspecified atom stereocenters. The molecule has 0 radical (unpaired) electrons. The molecule has 2 aliphatic heterocycles. The zero-order valence-corrected chi connectivity index (χ0v) is 21.4. The predicted molar refractivity (Wildman–Crippen MR) is 143 cm³/mol. The van der Waals surface area contributed by atoms with Crippen LogP contribution in [0.25, 0.3) is 0 Å². The normalized spacial score (nSPS) is 22.6. The summed E-state index contributed by atoms with van der Waals surface area (Å²) >= 11 is 0. The number of fused-ring (bicyclic) bond motifs is 3. The Balaban J connectivity index is 1.23. The third-order valence-corrected chi connectivity index (χ3v) is 7.92. The summed E-state index contributed by atoms with van der Waals surface area (Å²) in [7, 11) is 0. The van der Waals surface area contributed by atoms with Crippen molar-refractivity contribution in [1.82, 2.24) is 14.9 Å². The van der Waals surface area contributed by atoms with Crippen LogP contribution in [0.15, 0.2) is 84.9 Å². The molecule has 196 valence electrons. The molecule has 0 spiro atoms. The van der Waals surface area contributed by atoms with Crippen molar-refractivity contribution in [3.05, 3.63) is 107 Å². The third kappa shape index (κ3) is 4.98. The molecule has 0 N–H and O–H groups in total. The second kappa shape index (κ2) is 10.9. The number of carbonyl (C=O) groups excluding carboxylic acids is 2. The van der Waals surface area contributed by atoms with E-state index in [1.165, 1.54) is 21.1 Å². The van der Waals surface area contributed by atoms with Crippen molar-refractivity contribution >= 4 is 12.2 Å². The number of aryl methyl sites for hydroxylation is 1. The third-order valence-electron chi connectivity index (χ3n) is 7.92. The summed E-state index contributed by atoms with van der Waals surface area (Å²) in [6, 6.07) is 27.8. The van der Waals surface area contributed by atoms with Gasteiger partial charge in [-0.05, 0) is 47.9 Å². The van der Waals surface area contributed by atoms with Gasteiger partial charge in [-0.25, -0.2) is 19.6 Å². The first kappa shape index (κ1) is 24.5.